The first-order valence-corrected chi connectivity index (χ1v) is 42.1. The molecule has 94 heavy (non-hydrogen) atoms. The molecule has 0 saturated heterocycles. The van der Waals surface area contributed by atoms with Gasteiger partial charge in [-0.3, -0.25) is 37.3 Å². The highest BCUT2D eigenvalue weighted by Crippen LogP contribution is 2.45. The lowest BCUT2D eigenvalue weighted by molar-refractivity contribution is -0.161. The summed E-state index contributed by atoms with van der Waals surface area (Å²) >= 11 is 0. The summed E-state index contributed by atoms with van der Waals surface area (Å²) in [5.74, 6) is -0.534. The fraction of sp³-hybridized carbons (Fsp3) is 0.947. The second kappa shape index (κ2) is 66.9. The standard InChI is InChI=1S/C75H146O17P2/c1-7-11-13-15-17-19-21-23-25-27-32-39-45-51-57-72(77)85-63-70(92-75(80)60-54-48-42-34-30-29-31-37-43-49-55-67(5)9-3)65-89-93(81,82)87-61-69(76)62-88-94(83,84)90-66-71(64-86-73(78)58-52-46-40-36-35-38-44-50-56-68(6)10-4)91-74(79)59-53-47-41-33-28-26-24-22-20-18-16-14-12-8-2/h67-71,76H,7-66H2,1-6H3,(H,81,82)(H,83,84)/t67?,68?,69-,70-,71-/m1/s1. The predicted octanol–water partition coefficient (Wildman–Crippen LogP) is 21.9. The Labute approximate surface area is 575 Å². The van der Waals surface area contributed by atoms with Gasteiger partial charge in [0.15, 0.2) is 12.2 Å². The predicted molar refractivity (Wildman–Crippen MR) is 381 cm³/mol. The minimum absolute atomic E-state index is 0.107. The van der Waals surface area contributed by atoms with E-state index >= 15 is 0 Å². The van der Waals surface area contributed by atoms with Gasteiger partial charge < -0.3 is 33.8 Å². The summed E-state index contributed by atoms with van der Waals surface area (Å²) in [7, 11) is -9.91. The Bertz CT molecular complexity index is 1820. The van der Waals surface area contributed by atoms with Crippen LogP contribution in [0.15, 0.2) is 0 Å². The van der Waals surface area contributed by atoms with Gasteiger partial charge in [-0.25, -0.2) is 9.13 Å². The molecule has 0 spiro atoms. The number of hydrogen-bond donors (Lipinski definition) is 3. The van der Waals surface area contributed by atoms with Crippen LogP contribution < -0.4 is 0 Å². The Balaban J connectivity index is 5.28. The summed E-state index contributed by atoms with van der Waals surface area (Å²) in [5.41, 5.74) is 0. The van der Waals surface area contributed by atoms with E-state index in [-0.39, 0.29) is 25.7 Å². The van der Waals surface area contributed by atoms with Gasteiger partial charge in [-0.1, -0.05) is 337 Å². The Morgan fingerprint density at radius 3 is 0.755 bits per heavy atom. The number of carbonyl (C=O) groups is 4. The Hall–Kier alpha value is -1.94. The van der Waals surface area contributed by atoms with Gasteiger partial charge in [-0.2, -0.15) is 0 Å². The van der Waals surface area contributed by atoms with Crippen molar-refractivity contribution in [2.75, 3.05) is 39.6 Å². The number of aliphatic hydroxyl groups is 1. The second-order valence-electron chi connectivity index (χ2n) is 27.5. The first kappa shape index (κ1) is 92.1. The molecule has 4 unspecified atom stereocenters. The maximum Gasteiger partial charge on any atom is 0.472 e. The van der Waals surface area contributed by atoms with Gasteiger partial charge in [0.2, 0.25) is 0 Å². The first-order chi connectivity index (χ1) is 45.4. The highest BCUT2D eigenvalue weighted by atomic mass is 31.2. The lowest BCUT2D eigenvalue weighted by Crippen LogP contribution is -2.30. The molecule has 0 rings (SSSR count). The van der Waals surface area contributed by atoms with E-state index in [0.717, 1.165) is 102 Å². The van der Waals surface area contributed by atoms with Crippen LogP contribution in [0.25, 0.3) is 0 Å². The second-order valence-corrected chi connectivity index (χ2v) is 30.4. The summed E-state index contributed by atoms with van der Waals surface area (Å²) in [6.07, 6.45) is 53.8. The molecule has 0 heterocycles. The molecule has 0 aromatic rings. The van der Waals surface area contributed by atoms with Crippen LogP contribution in [-0.4, -0.2) is 96.7 Å². The number of ether oxygens (including phenoxy) is 4. The number of unbranched alkanes of at least 4 members (excludes halogenated alkanes) is 42. The third kappa shape index (κ3) is 66.0. The third-order valence-corrected chi connectivity index (χ3v) is 20.1. The first-order valence-electron chi connectivity index (χ1n) is 39.1. The summed E-state index contributed by atoms with van der Waals surface area (Å²) < 4.78 is 68.5. The molecule has 7 atom stereocenters. The van der Waals surface area contributed by atoms with Crippen molar-refractivity contribution in [3.8, 4) is 0 Å². The van der Waals surface area contributed by atoms with Crippen molar-refractivity contribution in [3.63, 3.8) is 0 Å². The fourth-order valence-corrected chi connectivity index (χ4v) is 13.0. The van der Waals surface area contributed by atoms with E-state index in [1.165, 1.54) is 205 Å². The van der Waals surface area contributed by atoms with Gasteiger partial charge in [0.1, 0.15) is 19.3 Å². The van der Waals surface area contributed by atoms with E-state index in [2.05, 4.69) is 41.5 Å². The molecular weight excluding hydrogens is 1230 g/mol. The quantitative estimate of drug-likeness (QED) is 0.0222. The zero-order chi connectivity index (χ0) is 69.3. The molecule has 0 aliphatic rings. The number of hydrogen-bond acceptors (Lipinski definition) is 15. The van der Waals surface area contributed by atoms with E-state index in [9.17, 15) is 43.2 Å². The monoisotopic (exact) mass is 1380 g/mol. The van der Waals surface area contributed by atoms with Crippen LogP contribution in [0.4, 0.5) is 0 Å². The Morgan fingerprint density at radius 1 is 0.298 bits per heavy atom. The minimum Gasteiger partial charge on any atom is -0.462 e. The summed E-state index contributed by atoms with van der Waals surface area (Å²) in [5, 5.41) is 10.6. The van der Waals surface area contributed by atoms with E-state index in [1.54, 1.807) is 0 Å². The fourth-order valence-electron chi connectivity index (χ4n) is 11.4. The van der Waals surface area contributed by atoms with Crippen LogP contribution in [0.3, 0.4) is 0 Å². The molecule has 0 bridgehead atoms. The topological polar surface area (TPSA) is 237 Å². The van der Waals surface area contributed by atoms with Crippen LogP contribution >= 0.6 is 15.6 Å². The molecule has 0 radical (unpaired) electrons. The van der Waals surface area contributed by atoms with E-state index < -0.39 is 97.5 Å². The highest BCUT2D eigenvalue weighted by molar-refractivity contribution is 7.47. The van der Waals surface area contributed by atoms with Crippen LogP contribution in [0.1, 0.15) is 388 Å². The smallest absolute Gasteiger partial charge is 0.462 e. The lowest BCUT2D eigenvalue weighted by atomic mass is 9.99. The summed E-state index contributed by atoms with van der Waals surface area (Å²) in [6.45, 7) is 9.63. The van der Waals surface area contributed by atoms with Gasteiger partial charge in [-0.15, -0.1) is 0 Å². The molecule has 19 heteroatoms. The van der Waals surface area contributed by atoms with Crippen LogP contribution in [0.5, 0.6) is 0 Å². The van der Waals surface area contributed by atoms with Crippen LogP contribution in [0.2, 0.25) is 0 Å². The molecular formula is C75H146O17P2. The third-order valence-electron chi connectivity index (χ3n) is 18.2. The largest absolute Gasteiger partial charge is 0.472 e. The number of aliphatic hydroxyl groups excluding tert-OH is 1. The van der Waals surface area contributed by atoms with Gasteiger partial charge in [0.05, 0.1) is 26.4 Å². The molecule has 0 aliphatic carbocycles. The number of esters is 4. The molecule has 0 aliphatic heterocycles. The van der Waals surface area contributed by atoms with Crippen molar-refractivity contribution in [2.24, 2.45) is 11.8 Å². The molecule has 558 valence electrons. The van der Waals surface area contributed by atoms with Gasteiger partial charge in [0.25, 0.3) is 0 Å². The van der Waals surface area contributed by atoms with Crippen LogP contribution in [-0.2, 0) is 65.4 Å². The number of phosphoric acid groups is 2. The Morgan fingerprint density at radius 2 is 0.511 bits per heavy atom. The maximum absolute atomic E-state index is 13.1. The number of phosphoric ester groups is 2. The van der Waals surface area contributed by atoms with Gasteiger partial charge in [0, 0.05) is 25.7 Å². The van der Waals surface area contributed by atoms with Crippen molar-refractivity contribution in [3.05, 3.63) is 0 Å². The molecule has 0 fully saturated rings. The van der Waals surface area contributed by atoms with Crippen molar-refractivity contribution in [2.45, 2.75) is 407 Å². The van der Waals surface area contributed by atoms with E-state index in [0.29, 0.717) is 25.7 Å². The van der Waals surface area contributed by atoms with Crippen molar-refractivity contribution in [1.82, 2.24) is 0 Å². The van der Waals surface area contributed by atoms with Gasteiger partial charge in [-0.05, 0) is 37.5 Å². The van der Waals surface area contributed by atoms with Crippen molar-refractivity contribution < 1.29 is 80.2 Å². The maximum atomic E-state index is 13.1. The van der Waals surface area contributed by atoms with Crippen molar-refractivity contribution >= 4 is 39.5 Å². The van der Waals surface area contributed by atoms with E-state index in [1.807, 2.05) is 0 Å². The van der Waals surface area contributed by atoms with Crippen molar-refractivity contribution in [1.29, 1.82) is 0 Å². The van der Waals surface area contributed by atoms with E-state index in [4.69, 9.17) is 37.0 Å². The zero-order valence-electron chi connectivity index (χ0n) is 61.3. The average Bonchev–Trinajstić information content (AvgIpc) is 2.01. The average molecular weight is 1380 g/mol. The molecule has 0 aromatic carbocycles. The summed E-state index contributed by atoms with van der Waals surface area (Å²) in [6, 6.07) is 0. The zero-order valence-corrected chi connectivity index (χ0v) is 63.1. The Kier molecular flexibility index (Phi) is 65.5. The molecule has 0 amide bonds. The SMILES string of the molecule is CCCCCCCCCCCCCCCCC(=O)OC[C@H](COP(=O)(O)OC[C@@H](O)COP(=O)(O)OC[C@@H](COC(=O)CCCCCCCCCCC(C)CC)OC(=O)CCCCCCCCCCCCCCCC)OC(=O)CCCCCCCCCCCCC(C)CC. The molecule has 3 N–H and O–H groups in total. The number of carbonyl (C=O) groups excluding carboxylic acids is 4. The highest BCUT2D eigenvalue weighted by Gasteiger charge is 2.30. The molecule has 0 saturated carbocycles. The summed E-state index contributed by atoms with van der Waals surface area (Å²) in [4.78, 5) is 72.8. The van der Waals surface area contributed by atoms with Crippen LogP contribution in [0, 0.1) is 11.8 Å². The normalized spacial score (nSPS) is 14.6. The number of rotatable bonds is 74. The van der Waals surface area contributed by atoms with Gasteiger partial charge >= 0.3 is 39.5 Å². The lowest BCUT2D eigenvalue weighted by Gasteiger charge is -2.21. The molecule has 0 aromatic heterocycles. The molecule has 17 nitrogen and oxygen atoms in total. The minimum atomic E-state index is -4.96.